The van der Waals surface area contributed by atoms with Crippen LogP contribution >= 0.6 is 0 Å². The minimum atomic E-state index is 0. The van der Waals surface area contributed by atoms with E-state index in [1.54, 1.807) is 0 Å². The van der Waals surface area contributed by atoms with E-state index in [9.17, 15) is 0 Å². The van der Waals surface area contributed by atoms with Crippen molar-refractivity contribution in [2.75, 3.05) is 0 Å². The van der Waals surface area contributed by atoms with Gasteiger partial charge in [0.05, 0.1) is 0 Å². The van der Waals surface area contributed by atoms with Gasteiger partial charge in [-0.25, -0.2) is 0 Å². The van der Waals surface area contributed by atoms with Crippen LogP contribution in [-0.2, 0) is 21.1 Å². The van der Waals surface area contributed by atoms with Crippen molar-refractivity contribution in [3.05, 3.63) is 39.4 Å². The molecule has 0 aliphatic carbocycles. The van der Waals surface area contributed by atoms with Gasteiger partial charge in [0, 0.05) is 0 Å². The second kappa shape index (κ2) is 127. The van der Waals surface area contributed by atoms with Crippen LogP contribution in [0, 0.1) is 71.0 Å². The third kappa shape index (κ3) is 99.6. The molecular formula is C6N6W. The zero-order valence-corrected chi connectivity index (χ0v) is 9.02. The van der Waals surface area contributed by atoms with Crippen LogP contribution in [0.1, 0.15) is 0 Å². The summed E-state index contributed by atoms with van der Waals surface area (Å²) >= 11 is 0. The van der Waals surface area contributed by atoms with Crippen LogP contribution in [0.2, 0.25) is 0 Å². The second-order valence-electron chi connectivity index (χ2n) is 0. The van der Waals surface area contributed by atoms with Crippen molar-refractivity contribution in [3.8, 4) is 0 Å². The van der Waals surface area contributed by atoms with Gasteiger partial charge in [0.1, 0.15) is 0 Å². The molecule has 0 aromatic heterocycles. The maximum atomic E-state index is 6.25. The summed E-state index contributed by atoms with van der Waals surface area (Å²) in [6, 6.07) is 0. The standard InChI is InChI=1S/6CN.W/c6*1-2;/q6*-1;+6. The van der Waals surface area contributed by atoms with Gasteiger partial charge in [-0.1, -0.05) is 0 Å². The zero-order valence-electron chi connectivity index (χ0n) is 6.09. The molecule has 0 rings (SSSR count). The Bertz CT molecular complexity index is 92.1. The van der Waals surface area contributed by atoms with E-state index in [0.717, 1.165) is 0 Å². The first-order chi connectivity index (χ1) is 6.00. The van der Waals surface area contributed by atoms with Crippen LogP contribution in [0.4, 0.5) is 0 Å². The topological polar surface area (TPSA) is 143 Å². The molecule has 0 amide bonds. The summed E-state index contributed by atoms with van der Waals surface area (Å²) in [7, 11) is 0. The molecule has 6 nitrogen and oxygen atoms in total. The van der Waals surface area contributed by atoms with Gasteiger partial charge in [-0.2, -0.15) is 0 Å². The Labute approximate surface area is 92.3 Å². The summed E-state index contributed by atoms with van der Waals surface area (Å²) in [5.74, 6) is 0. The van der Waals surface area contributed by atoms with Crippen LogP contribution in [0.15, 0.2) is 0 Å². The first-order valence-electron chi connectivity index (χ1n) is 1.34. The number of hydrogen-bond acceptors (Lipinski definition) is 6. The normalized spacial score (nSPS) is 0.923. The Morgan fingerprint density at radius 2 is 0.308 bits per heavy atom. The van der Waals surface area contributed by atoms with Gasteiger partial charge in [-0.15, -0.1) is 0 Å². The van der Waals surface area contributed by atoms with Gasteiger partial charge in [-0.3, -0.25) is 0 Å². The van der Waals surface area contributed by atoms with Gasteiger partial charge in [0.2, 0.25) is 0 Å². The smallest absolute Gasteiger partial charge is 0.512 e. The molecular weight excluding hydrogens is 340 g/mol. The minimum absolute atomic E-state index is 0. The summed E-state index contributed by atoms with van der Waals surface area (Å²) < 4.78 is 0. The van der Waals surface area contributed by atoms with Crippen molar-refractivity contribution in [3.63, 3.8) is 0 Å². The fourth-order valence-electron chi connectivity index (χ4n) is 0. The van der Waals surface area contributed by atoms with E-state index in [0.29, 0.717) is 0 Å². The summed E-state index contributed by atoms with van der Waals surface area (Å²) in [4.78, 5) is 0. The number of rotatable bonds is 0. The van der Waals surface area contributed by atoms with Gasteiger partial charge in [0.15, 0.2) is 0 Å². The molecule has 7 heteroatoms. The van der Waals surface area contributed by atoms with Gasteiger partial charge in [0.25, 0.3) is 0 Å². The van der Waals surface area contributed by atoms with Crippen molar-refractivity contribution in [1.29, 1.82) is 31.6 Å². The monoisotopic (exact) mass is 340 g/mol. The van der Waals surface area contributed by atoms with Crippen molar-refractivity contribution < 1.29 is 21.1 Å². The average molecular weight is 340 g/mol. The number of hydrogen-bond donors (Lipinski definition) is 0. The summed E-state index contributed by atoms with van der Waals surface area (Å²) in [5.41, 5.74) is 0. The van der Waals surface area contributed by atoms with Crippen LogP contribution < -0.4 is 0 Å². The molecule has 0 heterocycles. The first kappa shape index (κ1) is 74.8. The van der Waals surface area contributed by atoms with Gasteiger partial charge >= 0.3 is 21.1 Å². The fourth-order valence-corrected chi connectivity index (χ4v) is 0. The van der Waals surface area contributed by atoms with E-state index in [4.69, 9.17) is 71.0 Å². The largest absolute Gasteiger partial charge is 6.00 e. The summed E-state index contributed by atoms with van der Waals surface area (Å²) in [5, 5.41) is 37.5. The Kier molecular flexibility index (Phi) is 734. The molecule has 0 saturated heterocycles. The van der Waals surface area contributed by atoms with Crippen LogP contribution in [0.3, 0.4) is 0 Å². The predicted octanol–water partition coefficient (Wildman–Crippen LogP) is 0.576. The van der Waals surface area contributed by atoms with Crippen molar-refractivity contribution in [1.82, 2.24) is 0 Å². The van der Waals surface area contributed by atoms with Crippen molar-refractivity contribution in [2.24, 2.45) is 0 Å². The molecule has 0 radical (unpaired) electrons. The third-order valence-electron chi connectivity index (χ3n) is 0. The molecule has 0 bridgehead atoms. The Hall–Kier alpha value is -2.37. The molecule has 0 aromatic carbocycles. The third-order valence-corrected chi connectivity index (χ3v) is 0. The van der Waals surface area contributed by atoms with Crippen LogP contribution in [-0.4, -0.2) is 0 Å². The Balaban J connectivity index is -0.00000000655. The molecule has 0 fully saturated rings. The Morgan fingerprint density at radius 1 is 0.308 bits per heavy atom. The van der Waals surface area contributed by atoms with E-state index in [1.165, 1.54) is 0 Å². The molecule has 0 spiro atoms. The SMILES string of the molecule is [C-]#N.[C-]#N.[C-]#N.[C-]#N.[C-]#N.[C-]#N.[W+6]. The molecule has 0 N–H and O–H groups in total. The van der Waals surface area contributed by atoms with Crippen molar-refractivity contribution >= 4 is 0 Å². The zero-order chi connectivity index (χ0) is 12.0. The molecule has 0 aromatic rings. The van der Waals surface area contributed by atoms with E-state index < -0.39 is 0 Å². The maximum absolute atomic E-state index is 6.25. The second-order valence-corrected chi connectivity index (χ2v) is 0. The van der Waals surface area contributed by atoms with Crippen LogP contribution in [0.25, 0.3) is 0 Å². The molecule has 0 atom stereocenters. The molecule has 13 heavy (non-hydrogen) atoms. The summed E-state index contributed by atoms with van der Waals surface area (Å²) in [6.07, 6.45) is 0. The molecule has 0 aliphatic heterocycles. The van der Waals surface area contributed by atoms with Gasteiger partial charge in [-0.05, 0) is 0 Å². The predicted molar refractivity (Wildman–Crippen MR) is 29.8 cm³/mol. The minimum Gasteiger partial charge on any atom is -0.512 e. The van der Waals surface area contributed by atoms with Crippen molar-refractivity contribution in [2.45, 2.75) is 0 Å². The van der Waals surface area contributed by atoms with Gasteiger partial charge < -0.3 is 71.0 Å². The first-order valence-corrected chi connectivity index (χ1v) is 1.34. The van der Waals surface area contributed by atoms with E-state index >= 15 is 0 Å². The van der Waals surface area contributed by atoms with E-state index in [2.05, 4.69) is 0 Å². The molecule has 60 valence electrons. The van der Waals surface area contributed by atoms with E-state index in [1.807, 2.05) is 0 Å². The fraction of sp³-hybridized carbons (Fsp3) is 0. The average Bonchev–Trinajstić information content (AvgIpc) is 2.33. The number of nitrogens with zero attached hydrogens (tertiary/aromatic N) is 6. The van der Waals surface area contributed by atoms with Crippen LogP contribution in [0.5, 0.6) is 0 Å². The quantitative estimate of drug-likeness (QED) is 0.590. The molecule has 0 saturated carbocycles. The maximum Gasteiger partial charge on any atom is 6.00 e. The van der Waals surface area contributed by atoms with E-state index in [-0.39, 0.29) is 21.1 Å². The summed E-state index contributed by atoms with van der Waals surface area (Å²) in [6.45, 7) is 28.5. The molecule has 0 unspecified atom stereocenters. The molecule has 0 aliphatic rings. The Morgan fingerprint density at radius 3 is 0.308 bits per heavy atom.